The zero-order valence-electron chi connectivity index (χ0n) is 12.3. The minimum absolute atomic E-state index is 0.0461. The smallest absolute Gasteiger partial charge is 0.253 e. The molecule has 0 bridgehead atoms. The van der Waals surface area contributed by atoms with Crippen LogP contribution in [-0.2, 0) is 10.1 Å². The molecule has 0 atom stereocenters. The van der Waals surface area contributed by atoms with Gasteiger partial charge in [0.05, 0.1) is 0 Å². The van der Waals surface area contributed by atoms with Crippen molar-refractivity contribution in [2.24, 2.45) is 5.92 Å². The Morgan fingerprint density at radius 1 is 1.24 bits per heavy atom. The van der Waals surface area contributed by atoms with Crippen LogP contribution < -0.4 is 5.32 Å². The molecule has 0 radical (unpaired) electrons. The average molecular weight is 353 g/mol. The molecule has 1 aliphatic heterocycles. The third-order valence-corrected chi connectivity index (χ3v) is 4.51. The maximum atomic E-state index is 12.4. The standard InChI is InChI=1S/C16H21BrN2O2/c1-2-18-15(20)13-7-9-19(10-8-13)16(21)14-5-3-12(11-17)4-6-14/h3-6,13H,2,7-11H2,1H3,(H,18,20). The van der Waals surface area contributed by atoms with Gasteiger partial charge in [-0.3, -0.25) is 9.59 Å². The molecule has 1 aromatic carbocycles. The van der Waals surface area contributed by atoms with E-state index in [0.717, 1.165) is 29.3 Å². The number of amides is 2. The quantitative estimate of drug-likeness (QED) is 0.846. The van der Waals surface area contributed by atoms with Crippen LogP contribution in [0.4, 0.5) is 0 Å². The fourth-order valence-electron chi connectivity index (χ4n) is 2.58. The number of carbonyl (C=O) groups excluding carboxylic acids is 2. The normalized spacial score (nSPS) is 15.8. The van der Waals surface area contributed by atoms with Gasteiger partial charge in [0.1, 0.15) is 0 Å². The summed E-state index contributed by atoms with van der Waals surface area (Å²) in [4.78, 5) is 26.1. The summed E-state index contributed by atoms with van der Waals surface area (Å²) in [5.74, 6) is 0.224. The van der Waals surface area contributed by atoms with Gasteiger partial charge in [-0.15, -0.1) is 0 Å². The number of carbonyl (C=O) groups is 2. The van der Waals surface area contributed by atoms with Crippen molar-refractivity contribution in [2.45, 2.75) is 25.1 Å². The number of nitrogens with zero attached hydrogens (tertiary/aromatic N) is 1. The number of benzene rings is 1. The minimum Gasteiger partial charge on any atom is -0.356 e. The van der Waals surface area contributed by atoms with E-state index in [4.69, 9.17) is 0 Å². The van der Waals surface area contributed by atoms with Crippen molar-refractivity contribution in [3.63, 3.8) is 0 Å². The molecule has 4 nitrogen and oxygen atoms in total. The predicted molar refractivity (Wildman–Crippen MR) is 86.4 cm³/mol. The Morgan fingerprint density at radius 2 is 1.86 bits per heavy atom. The van der Waals surface area contributed by atoms with Crippen LogP contribution in [0.15, 0.2) is 24.3 Å². The van der Waals surface area contributed by atoms with Crippen molar-refractivity contribution in [1.29, 1.82) is 0 Å². The van der Waals surface area contributed by atoms with Crippen LogP contribution in [-0.4, -0.2) is 36.3 Å². The van der Waals surface area contributed by atoms with E-state index < -0.39 is 0 Å². The third kappa shape index (κ3) is 4.06. The summed E-state index contributed by atoms with van der Waals surface area (Å²) in [6.45, 7) is 3.90. The monoisotopic (exact) mass is 352 g/mol. The van der Waals surface area contributed by atoms with E-state index in [1.807, 2.05) is 36.1 Å². The molecule has 0 saturated carbocycles. The van der Waals surface area contributed by atoms with E-state index in [0.29, 0.717) is 19.6 Å². The third-order valence-electron chi connectivity index (χ3n) is 3.86. The van der Waals surface area contributed by atoms with Crippen LogP contribution in [0.2, 0.25) is 0 Å². The van der Waals surface area contributed by atoms with Gasteiger partial charge in [0.25, 0.3) is 5.91 Å². The molecular weight excluding hydrogens is 332 g/mol. The summed E-state index contributed by atoms with van der Waals surface area (Å²) in [6.07, 6.45) is 1.49. The first-order valence-corrected chi connectivity index (χ1v) is 8.49. The van der Waals surface area contributed by atoms with Gasteiger partial charge in [-0.05, 0) is 37.5 Å². The van der Waals surface area contributed by atoms with Gasteiger partial charge in [0.2, 0.25) is 5.91 Å². The number of nitrogens with one attached hydrogen (secondary N) is 1. The lowest BCUT2D eigenvalue weighted by Gasteiger charge is -2.31. The number of likely N-dealkylation sites (tertiary alicyclic amines) is 1. The van der Waals surface area contributed by atoms with Crippen LogP contribution >= 0.6 is 15.9 Å². The van der Waals surface area contributed by atoms with Crippen LogP contribution in [0.5, 0.6) is 0 Å². The molecule has 1 N–H and O–H groups in total. The number of piperidine rings is 1. The lowest BCUT2D eigenvalue weighted by Crippen LogP contribution is -2.43. The molecular formula is C16H21BrN2O2. The maximum absolute atomic E-state index is 12.4. The van der Waals surface area contributed by atoms with Gasteiger partial charge >= 0.3 is 0 Å². The molecule has 0 aliphatic carbocycles. The zero-order chi connectivity index (χ0) is 15.2. The Kier molecular flexibility index (Phi) is 5.79. The molecule has 0 spiro atoms. The zero-order valence-corrected chi connectivity index (χ0v) is 13.9. The highest BCUT2D eigenvalue weighted by Crippen LogP contribution is 2.19. The molecule has 0 unspecified atom stereocenters. The number of alkyl halides is 1. The summed E-state index contributed by atoms with van der Waals surface area (Å²) in [5, 5.41) is 3.65. The first kappa shape index (κ1) is 16.0. The topological polar surface area (TPSA) is 49.4 Å². The second kappa shape index (κ2) is 7.59. The summed E-state index contributed by atoms with van der Waals surface area (Å²) in [7, 11) is 0. The van der Waals surface area contributed by atoms with E-state index in [9.17, 15) is 9.59 Å². The Morgan fingerprint density at radius 3 is 2.38 bits per heavy atom. The SMILES string of the molecule is CCNC(=O)C1CCN(C(=O)c2ccc(CBr)cc2)CC1. The average Bonchev–Trinajstić information content (AvgIpc) is 2.54. The van der Waals surface area contributed by atoms with Gasteiger partial charge in [0.15, 0.2) is 0 Å². The molecule has 5 heteroatoms. The second-order valence-corrected chi connectivity index (χ2v) is 5.85. The highest BCUT2D eigenvalue weighted by molar-refractivity contribution is 9.08. The van der Waals surface area contributed by atoms with E-state index in [1.165, 1.54) is 0 Å². The largest absolute Gasteiger partial charge is 0.356 e. The van der Waals surface area contributed by atoms with Crippen molar-refractivity contribution in [2.75, 3.05) is 19.6 Å². The van der Waals surface area contributed by atoms with Crippen molar-refractivity contribution < 1.29 is 9.59 Å². The lowest BCUT2D eigenvalue weighted by molar-refractivity contribution is -0.126. The van der Waals surface area contributed by atoms with Crippen molar-refractivity contribution in [1.82, 2.24) is 10.2 Å². The van der Waals surface area contributed by atoms with Gasteiger partial charge in [-0.2, -0.15) is 0 Å². The molecule has 2 amide bonds. The molecule has 2 rings (SSSR count). The minimum atomic E-state index is 0.0461. The molecule has 1 saturated heterocycles. The summed E-state index contributed by atoms with van der Waals surface area (Å²) in [5.41, 5.74) is 1.87. The summed E-state index contributed by atoms with van der Waals surface area (Å²) >= 11 is 3.40. The number of halogens is 1. The number of hydrogen-bond donors (Lipinski definition) is 1. The Balaban J connectivity index is 1.92. The first-order valence-electron chi connectivity index (χ1n) is 7.37. The first-order chi connectivity index (χ1) is 10.2. The second-order valence-electron chi connectivity index (χ2n) is 5.29. The van der Waals surface area contributed by atoms with Gasteiger partial charge in [-0.25, -0.2) is 0 Å². The van der Waals surface area contributed by atoms with Gasteiger partial charge in [-0.1, -0.05) is 28.1 Å². The van der Waals surface area contributed by atoms with Crippen LogP contribution in [0.25, 0.3) is 0 Å². The summed E-state index contributed by atoms with van der Waals surface area (Å²) < 4.78 is 0. The molecule has 1 fully saturated rings. The molecule has 21 heavy (non-hydrogen) atoms. The Bertz CT molecular complexity index is 494. The molecule has 1 heterocycles. The predicted octanol–water partition coefficient (Wildman–Crippen LogP) is 2.57. The molecule has 0 aromatic heterocycles. The van der Waals surface area contributed by atoms with Crippen molar-refractivity contribution in [3.8, 4) is 0 Å². The van der Waals surface area contributed by atoms with Crippen molar-refractivity contribution in [3.05, 3.63) is 35.4 Å². The Hall–Kier alpha value is -1.36. The fraction of sp³-hybridized carbons (Fsp3) is 0.500. The summed E-state index contributed by atoms with van der Waals surface area (Å²) in [6, 6.07) is 7.66. The van der Waals surface area contributed by atoms with E-state index in [2.05, 4.69) is 21.2 Å². The maximum Gasteiger partial charge on any atom is 0.253 e. The number of hydrogen-bond acceptors (Lipinski definition) is 2. The van der Waals surface area contributed by atoms with Crippen LogP contribution in [0, 0.1) is 5.92 Å². The molecule has 114 valence electrons. The van der Waals surface area contributed by atoms with E-state index >= 15 is 0 Å². The Labute approximate surface area is 134 Å². The highest BCUT2D eigenvalue weighted by Gasteiger charge is 2.27. The molecule has 1 aliphatic rings. The van der Waals surface area contributed by atoms with Gasteiger partial charge < -0.3 is 10.2 Å². The fourth-order valence-corrected chi connectivity index (χ4v) is 2.96. The van der Waals surface area contributed by atoms with E-state index in [1.54, 1.807) is 0 Å². The van der Waals surface area contributed by atoms with E-state index in [-0.39, 0.29) is 17.7 Å². The van der Waals surface area contributed by atoms with Gasteiger partial charge in [0, 0.05) is 36.4 Å². The van der Waals surface area contributed by atoms with Crippen LogP contribution in [0.3, 0.4) is 0 Å². The van der Waals surface area contributed by atoms with Crippen molar-refractivity contribution >= 4 is 27.7 Å². The number of rotatable bonds is 4. The highest BCUT2D eigenvalue weighted by atomic mass is 79.9. The lowest BCUT2D eigenvalue weighted by atomic mass is 9.95. The van der Waals surface area contributed by atoms with Crippen LogP contribution in [0.1, 0.15) is 35.7 Å². The molecule has 1 aromatic rings.